The van der Waals surface area contributed by atoms with Gasteiger partial charge in [-0.05, 0) is 23.8 Å². The van der Waals surface area contributed by atoms with Crippen molar-refractivity contribution in [3.05, 3.63) is 91.0 Å². The zero-order valence-corrected chi connectivity index (χ0v) is 15.1. The summed E-state index contributed by atoms with van der Waals surface area (Å²) in [4.78, 5) is 25.8. The van der Waals surface area contributed by atoms with E-state index in [0.717, 1.165) is 22.2 Å². The minimum absolute atomic E-state index is 0.137. The Morgan fingerprint density at radius 1 is 0.963 bits per heavy atom. The van der Waals surface area contributed by atoms with Crippen LogP contribution in [0.15, 0.2) is 58.1 Å². The number of hydrogen-bond acceptors (Lipinski definition) is 3. The van der Waals surface area contributed by atoms with Gasteiger partial charge in [0.05, 0.1) is 28.2 Å². The zero-order valence-electron chi connectivity index (χ0n) is 14.3. The van der Waals surface area contributed by atoms with E-state index in [1.807, 2.05) is 36.4 Å². The maximum absolute atomic E-state index is 13.3. The first-order valence-electron chi connectivity index (χ1n) is 8.51. The lowest BCUT2D eigenvalue weighted by atomic mass is 9.83. The highest BCUT2D eigenvalue weighted by atomic mass is 35.5. The lowest BCUT2D eigenvalue weighted by Gasteiger charge is -2.27. The SMILES string of the molecule is Cn1c(=O)c2c(c3ccccc31)Nc1[nH][nH]c(=O)c1C2c1ccc(Cl)cc1. The second-order valence-corrected chi connectivity index (χ2v) is 7.08. The maximum atomic E-state index is 13.3. The summed E-state index contributed by atoms with van der Waals surface area (Å²) in [5, 5.41) is 10.3. The number of halogens is 1. The molecule has 0 fully saturated rings. The van der Waals surface area contributed by atoms with Crippen molar-refractivity contribution >= 4 is 34.0 Å². The molecular formula is C20H15ClN4O2. The van der Waals surface area contributed by atoms with Gasteiger partial charge in [-0.15, -0.1) is 0 Å². The molecule has 1 unspecified atom stereocenters. The second-order valence-electron chi connectivity index (χ2n) is 6.65. The lowest BCUT2D eigenvalue weighted by molar-refractivity contribution is 0.844. The number of fused-ring (bicyclic) bond motifs is 4. The van der Waals surface area contributed by atoms with E-state index in [1.165, 1.54) is 0 Å². The highest BCUT2D eigenvalue weighted by Crippen LogP contribution is 2.43. The lowest BCUT2D eigenvalue weighted by Crippen LogP contribution is -2.30. The van der Waals surface area contributed by atoms with Gasteiger partial charge < -0.3 is 9.88 Å². The minimum Gasteiger partial charge on any atom is -0.339 e. The first-order valence-corrected chi connectivity index (χ1v) is 8.88. The highest BCUT2D eigenvalue weighted by Gasteiger charge is 2.35. The fourth-order valence-electron chi connectivity index (χ4n) is 3.92. The van der Waals surface area contributed by atoms with Gasteiger partial charge in [-0.3, -0.25) is 19.8 Å². The number of benzene rings is 2. The van der Waals surface area contributed by atoms with Crippen LogP contribution in [0.3, 0.4) is 0 Å². The topological polar surface area (TPSA) is 82.7 Å². The number of pyridine rings is 1. The van der Waals surface area contributed by atoms with Crippen LogP contribution in [0.1, 0.15) is 22.6 Å². The number of nitrogens with one attached hydrogen (secondary N) is 3. The molecule has 4 aromatic rings. The summed E-state index contributed by atoms with van der Waals surface area (Å²) in [7, 11) is 1.75. The average molecular weight is 379 g/mol. The van der Waals surface area contributed by atoms with Crippen LogP contribution < -0.4 is 16.4 Å². The molecule has 27 heavy (non-hydrogen) atoms. The summed E-state index contributed by atoms with van der Waals surface area (Å²) >= 11 is 6.04. The molecule has 6 nitrogen and oxygen atoms in total. The molecule has 7 heteroatoms. The summed E-state index contributed by atoms with van der Waals surface area (Å²) in [6, 6.07) is 15.0. The Hall–Kier alpha value is -3.25. The van der Waals surface area contributed by atoms with Crippen LogP contribution in [0, 0.1) is 0 Å². The van der Waals surface area contributed by atoms with E-state index in [4.69, 9.17) is 11.6 Å². The van der Waals surface area contributed by atoms with Crippen LogP contribution in [0.4, 0.5) is 11.5 Å². The van der Waals surface area contributed by atoms with Crippen LogP contribution in [0.25, 0.3) is 10.9 Å². The molecule has 0 aliphatic carbocycles. The summed E-state index contributed by atoms with van der Waals surface area (Å²) in [6.45, 7) is 0. The Kier molecular flexibility index (Phi) is 3.32. The van der Waals surface area contributed by atoms with Crippen molar-refractivity contribution < 1.29 is 0 Å². The number of H-pyrrole nitrogens is 2. The van der Waals surface area contributed by atoms with Crippen LogP contribution in [-0.2, 0) is 7.05 Å². The first kappa shape index (κ1) is 16.0. The Labute approximate surface area is 158 Å². The molecule has 1 aliphatic heterocycles. The van der Waals surface area contributed by atoms with Gasteiger partial charge in [0.25, 0.3) is 11.1 Å². The highest BCUT2D eigenvalue weighted by molar-refractivity contribution is 6.30. The molecule has 1 aliphatic rings. The van der Waals surface area contributed by atoms with Gasteiger partial charge >= 0.3 is 0 Å². The largest absolute Gasteiger partial charge is 0.339 e. The van der Waals surface area contributed by atoms with Crippen molar-refractivity contribution in [3.63, 3.8) is 0 Å². The summed E-state index contributed by atoms with van der Waals surface area (Å²) < 4.78 is 1.63. The zero-order chi connectivity index (χ0) is 18.7. The molecule has 0 radical (unpaired) electrons. The van der Waals surface area contributed by atoms with Gasteiger partial charge in [0.15, 0.2) is 0 Å². The number of para-hydroxylation sites is 1. The van der Waals surface area contributed by atoms with Crippen molar-refractivity contribution in [2.45, 2.75) is 5.92 Å². The second kappa shape index (κ2) is 5.62. The predicted octanol–water partition coefficient (Wildman–Crippen LogP) is 3.45. The minimum atomic E-state index is -0.494. The van der Waals surface area contributed by atoms with Crippen LogP contribution in [0.5, 0.6) is 0 Å². The Bertz CT molecular complexity index is 1310. The van der Waals surface area contributed by atoms with E-state index in [-0.39, 0.29) is 11.1 Å². The standard InChI is InChI=1S/C20H15ClN4O2/c1-25-13-5-3-2-4-12(13)17-15(20(25)27)14(10-6-8-11(21)9-7-10)16-18(22-17)23-24-19(16)26/h2-9,14H,1H3,(H3,22,23,24,26). The summed E-state index contributed by atoms with van der Waals surface area (Å²) in [5.41, 5.74) is 3.04. The molecule has 2 aromatic carbocycles. The number of anilines is 2. The van der Waals surface area contributed by atoms with Crippen molar-refractivity contribution in [3.8, 4) is 0 Å². The number of aromatic nitrogens is 3. The smallest absolute Gasteiger partial charge is 0.270 e. The third-order valence-corrected chi connectivity index (χ3v) is 5.44. The van der Waals surface area contributed by atoms with Gasteiger partial charge in [0, 0.05) is 17.5 Å². The fourth-order valence-corrected chi connectivity index (χ4v) is 4.05. The van der Waals surface area contributed by atoms with Gasteiger partial charge in [-0.25, -0.2) is 0 Å². The van der Waals surface area contributed by atoms with Gasteiger partial charge in [0.2, 0.25) is 0 Å². The van der Waals surface area contributed by atoms with E-state index in [9.17, 15) is 9.59 Å². The Balaban J connectivity index is 1.93. The normalized spacial score (nSPS) is 15.3. The molecule has 3 heterocycles. The van der Waals surface area contributed by atoms with Gasteiger partial charge in [-0.2, -0.15) is 0 Å². The van der Waals surface area contributed by atoms with Crippen LogP contribution in [-0.4, -0.2) is 14.8 Å². The van der Waals surface area contributed by atoms with Gasteiger partial charge in [0.1, 0.15) is 5.82 Å². The average Bonchev–Trinajstić information content (AvgIpc) is 3.06. The van der Waals surface area contributed by atoms with Crippen molar-refractivity contribution in [2.24, 2.45) is 7.05 Å². The van der Waals surface area contributed by atoms with E-state index in [2.05, 4.69) is 15.5 Å². The number of aryl methyl sites for hydroxylation is 1. The third-order valence-electron chi connectivity index (χ3n) is 5.18. The molecule has 134 valence electrons. The van der Waals surface area contributed by atoms with Crippen LogP contribution >= 0.6 is 11.6 Å². The molecule has 2 aromatic heterocycles. The molecule has 1 atom stereocenters. The quantitative estimate of drug-likeness (QED) is 0.418. The number of hydrogen-bond donors (Lipinski definition) is 3. The Morgan fingerprint density at radius 3 is 2.48 bits per heavy atom. The molecular weight excluding hydrogens is 364 g/mol. The van der Waals surface area contributed by atoms with Gasteiger partial charge in [-0.1, -0.05) is 41.9 Å². The molecule has 3 N–H and O–H groups in total. The molecule has 0 spiro atoms. The van der Waals surface area contributed by atoms with E-state index < -0.39 is 5.92 Å². The van der Waals surface area contributed by atoms with E-state index >= 15 is 0 Å². The van der Waals surface area contributed by atoms with E-state index in [1.54, 1.807) is 23.7 Å². The van der Waals surface area contributed by atoms with Crippen molar-refractivity contribution in [2.75, 3.05) is 5.32 Å². The molecule has 0 amide bonds. The number of rotatable bonds is 1. The molecule has 5 rings (SSSR count). The monoisotopic (exact) mass is 378 g/mol. The molecule has 0 bridgehead atoms. The van der Waals surface area contributed by atoms with Crippen molar-refractivity contribution in [1.82, 2.24) is 14.8 Å². The molecule has 0 saturated carbocycles. The first-order chi connectivity index (χ1) is 13.1. The predicted molar refractivity (Wildman–Crippen MR) is 106 cm³/mol. The molecule has 0 saturated heterocycles. The maximum Gasteiger partial charge on any atom is 0.270 e. The van der Waals surface area contributed by atoms with Crippen LogP contribution in [0.2, 0.25) is 5.02 Å². The fraction of sp³-hybridized carbons (Fsp3) is 0.100. The summed E-state index contributed by atoms with van der Waals surface area (Å²) in [6.07, 6.45) is 0. The van der Waals surface area contributed by atoms with E-state index in [0.29, 0.717) is 22.0 Å². The number of nitrogens with zero attached hydrogens (tertiary/aromatic N) is 1. The summed E-state index contributed by atoms with van der Waals surface area (Å²) in [5.74, 6) is 0.0812. The number of aromatic amines is 2. The van der Waals surface area contributed by atoms with Crippen molar-refractivity contribution in [1.29, 1.82) is 0 Å². The Morgan fingerprint density at radius 2 is 1.70 bits per heavy atom. The third kappa shape index (κ3) is 2.20.